The first-order valence-corrected chi connectivity index (χ1v) is 8.54. The zero-order chi connectivity index (χ0) is 17.2. The number of azo groups is 2. The van der Waals surface area contributed by atoms with Crippen LogP contribution in [0.1, 0.15) is 0 Å². The molecule has 0 amide bonds. The summed E-state index contributed by atoms with van der Waals surface area (Å²) in [6.45, 7) is 0. The summed E-state index contributed by atoms with van der Waals surface area (Å²) in [7, 11) is 0.996. The van der Waals surface area contributed by atoms with Crippen LogP contribution in [0, 0.1) is 0 Å². The zero-order valence-corrected chi connectivity index (χ0v) is 14.0. The summed E-state index contributed by atoms with van der Waals surface area (Å²) < 4.78 is 24.1. The summed E-state index contributed by atoms with van der Waals surface area (Å²) in [6, 6.07) is 4.81. The van der Waals surface area contributed by atoms with Crippen LogP contribution in [0.3, 0.4) is 0 Å². The Hall–Kier alpha value is -2.55. The van der Waals surface area contributed by atoms with E-state index in [9.17, 15) is 13.5 Å². The summed E-state index contributed by atoms with van der Waals surface area (Å²) in [5, 5.41) is 29.5. The third kappa shape index (κ3) is 3.00. The minimum absolute atomic E-state index is 0.0842. The number of aromatic hydroxyl groups is 1. The molecule has 2 aromatic rings. The van der Waals surface area contributed by atoms with Crippen molar-refractivity contribution in [2.75, 3.05) is 32.7 Å². The highest BCUT2D eigenvalue weighted by Gasteiger charge is 2.22. The van der Waals surface area contributed by atoms with E-state index in [1.165, 1.54) is 20.2 Å². The topological polar surface area (TPSA) is 116 Å². The van der Waals surface area contributed by atoms with E-state index < -0.39 is 9.84 Å². The highest BCUT2D eigenvalue weighted by atomic mass is 32.2. The molecule has 0 saturated heterocycles. The van der Waals surface area contributed by atoms with Gasteiger partial charge in [-0.1, -0.05) is 0 Å². The Morgan fingerprint density at radius 2 is 1.65 bits per heavy atom. The highest BCUT2D eigenvalue weighted by molar-refractivity contribution is 7.90. The second-order valence-electron chi connectivity index (χ2n) is 4.75. The lowest BCUT2D eigenvalue weighted by molar-refractivity contribution is 0.480. The number of sulfone groups is 1. The van der Waals surface area contributed by atoms with Crippen molar-refractivity contribution in [3.63, 3.8) is 0 Å². The van der Waals surface area contributed by atoms with Crippen LogP contribution in [0.5, 0.6) is 5.75 Å². The molecule has 8 nitrogen and oxygen atoms in total. The van der Waals surface area contributed by atoms with Gasteiger partial charge in [0.15, 0.2) is 15.6 Å². The van der Waals surface area contributed by atoms with E-state index in [0.29, 0.717) is 22.1 Å². The van der Waals surface area contributed by atoms with Crippen molar-refractivity contribution in [2.45, 2.75) is 4.90 Å². The number of nitrogens with zero attached hydrogens (tertiary/aromatic N) is 4. The Morgan fingerprint density at radius 3 is 2.17 bits per heavy atom. The lowest BCUT2D eigenvalue weighted by atomic mass is 10.1. The lowest BCUT2D eigenvalue weighted by Gasteiger charge is -2.13. The molecule has 0 fully saturated rings. The number of hydrogen-bond acceptors (Lipinski definition) is 8. The van der Waals surface area contributed by atoms with E-state index in [1.54, 1.807) is 19.2 Å². The van der Waals surface area contributed by atoms with E-state index >= 15 is 0 Å². The van der Waals surface area contributed by atoms with Gasteiger partial charge in [0.25, 0.3) is 0 Å². The Balaban J connectivity index is 3.06. The zero-order valence-electron chi connectivity index (χ0n) is 13.2. The van der Waals surface area contributed by atoms with Crippen molar-refractivity contribution < 1.29 is 13.5 Å². The first-order chi connectivity index (χ1) is 10.8. The SMILES string of the molecule is CN=Nc1c(S(C)(=O)=O)cc2c(N=NC)c(NC)ccc2c1O. The van der Waals surface area contributed by atoms with Gasteiger partial charge in [-0.2, -0.15) is 20.5 Å². The molecule has 0 aliphatic rings. The Morgan fingerprint density at radius 1 is 1.04 bits per heavy atom. The van der Waals surface area contributed by atoms with Gasteiger partial charge in [-0.05, 0) is 18.2 Å². The number of hydrogen-bond donors (Lipinski definition) is 2. The average molecular weight is 335 g/mol. The molecular formula is C14H17N5O3S. The van der Waals surface area contributed by atoms with Crippen LogP contribution in [-0.2, 0) is 9.84 Å². The second kappa shape index (κ2) is 6.29. The van der Waals surface area contributed by atoms with Gasteiger partial charge in [0.05, 0.1) is 10.6 Å². The Bertz CT molecular complexity index is 920. The van der Waals surface area contributed by atoms with Crippen molar-refractivity contribution in [3.8, 4) is 5.75 Å². The molecule has 0 aliphatic heterocycles. The van der Waals surface area contributed by atoms with Gasteiger partial charge < -0.3 is 10.4 Å². The van der Waals surface area contributed by atoms with Crippen LogP contribution in [0.4, 0.5) is 17.1 Å². The molecule has 0 radical (unpaired) electrons. The molecule has 0 heterocycles. The van der Waals surface area contributed by atoms with Crippen LogP contribution in [0.15, 0.2) is 43.6 Å². The maximum Gasteiger partial charge on any atom is 0.177 e. The molecule has 2 N–H and O–H groups in total. The minimum Gasteiger partial charge on any atom is -0.505 e. The van der Waals surface area contributed by atoms with Gasteiger partial charge >= 0.3 is 0 Å². The van der Waals surface area contributed by atoms with Crippen molar-refractivity contribution in [1.29, 1.82) is 0 Å². The molecule has 23 heavy (non-hydrogen) atoms. The molecule has 9 heteroatoms. The smallest absolute Gasteiger partial charge is 0.177 e. The number of phenolic OH excluding ortho intramolecular Hbond substituents is 1. The number of phenols is 1. The summed E-state index contributed by atoms with van der Waals surface area (Å²) in [4.78, 5) is -0.117. The molecule has 122 valence electrons. The van der Waals surface area contributed by atoms with E-state index in [0.717, 1.165) is 6.26 Å². The van der Waals surface area contributed by atoms with Gasteiger partial charge in [-0.25, -0.2) is 8.42 Å². The third-order valence-electron chi connectivity index (χ3n) is 3.27. The van der Waals surface area contributed by atoms with E-state index in [1.807, 2.05) is 0 Å². The van der Waals surface area contributed by atoms with E-state index in [-0.39, 0.29) is 16.3 Å². The van der Waals surface area contributed by atoms with Crippen LogP contribution in [0.2, 0.25) is 0 Å². The van der Waals surface area contributed by atoms with Crippen LogP contribution in [-0.4, -0.2) is 40.9 Å². The second-order valence-corrected chi connectivity index (χ2v) is 6.74. The summed E-state index contributed by atoms with van der Waals surface area (Å²) in [5.74, 6) is -0.260. The van der Waals surface area contributed by atoms with Gasteiger partial charge in [0, 0.05) is 38.2 Å². The van der Waals surface area contributed by atoms with Crippen molar-refractivity contribution in [1.82, 2.24) is 0 Å². The van der Waals surface area contributed by atoms with E-state index in [4.69, 9.17) is 0 Å². The Kier molecular flexibility index (Phi) is 4.60. The monoisotopic (exact) mass is 335 g/mol. The molecule has 2 rings (SSSR count). The number of rotatable bonds is 4. The fourth-order valence-corrected chi connectivity index (χ4v) is 3.11. The molecule has 2 aromatic carbocycles. The number of benzene rings is 2. The highest BCUT2D eigenvalue weighted by Crippen LogP contribution is 2.45. The van der Waals surface area contributed by atoms with Crippen LogP contribution < -0.4 is 5.32 Å². The van der Waals surface area contributed by atoms with Crippen molar-refractivity contribution in [3.05, 3.63) is 18.2 Å². The Labute approximate surface area is 133 Å². The van der Waals surface area contributed by atoms with Crippen molar-refractivity contribution in [2.24, 2.45) is 20.5 Å². The maximum atomic E-state index is 12.1. The first-order valence-electron chi connectivity index (χ1n) is 6.65. The molecule has 0 spiro atoms. The molecule has 0 atom stereocenters. The summed E-state index contributed by atoms with van der Waals surface area (Å²) in [5.41, 5.74) is 1.01. The molecule has 0 unspecified atom stereocenters. The molecule has 0 saturated carbocycles. The molecule has 0 aliphatic carbocycles. The number of fused-ring (bicyclic) bond motifs is 1. The molecule has 0 bridgehead atoms. The third-order valence-corrected chi connectivity index (χ3v) is 4.38. The predicted molar refractivity (Wildman–Crippen MR) is 89.1 cm³/mol. The lowest BCUT2D eigenvalue weighted by Crippen LogP contribution is -1.99. The van der Waals surface area contributed by atoms with Gasteiger partial charge in [0.2, 0.25) is 0 Å². The molecule has 0 aromatic heterocycles. The standard InChI is InChI=1S/C14H17N5O3S/c1-15-10-6-5-8-9(12(10)18-16-2)7-11(23(4,21)22)13(14(8)20)19-17-3/h5-7,15,20H,1-4H3. The molecular weight excluding hydrogens is 318 g/mol. The maximum absolute atomic E-state index is 12.1. The van der Waals surface area contributed by atoms with Gasteiger partial charge in [-0.3, -0.25) is 0 Å². The minimum atomic E-state index is -3.63. The van der Waals surface area contributed by atoms with Crippen LogP contribution in [0.25, 0.3) is 10.8 Å². The van der Waals surface area contributed by atoms with Crippen LogP contribution >= 0.6 is 0 Å². The predicted octanol–water partition coefficient (Wildman–Crippen LogP) is 3.42. The van der Waals surface area contributed by atoms with Gasteiger partial charge in [-0.15, -0.1) is 0 Å². The first kappa shape index (κ1) is 16.8. The quantitative estimate of drug-likeness (QED) is 0.833. The average Bonchev–Trinajstić information content (AvgIpc) is 2.49. The number of anilines is 1. The fourth-order valence-electron chi connectivity index (χ4n) is 2.29. The van der Waals surface area contributed by atoms with Crippen molar-refractivity contribution >= 4 is 37.7 Å². The normalized spacial score (nSPS) is 12.5. The fraction of sp³-hybridized carbons (Fsp3) is 0.286. The largest absolute Gasteiger partial charge is 0.505 e. The summed E-state index contributed by atoms with van der Waals surface area (Å²) >= 11 is 0. The number of nitrogens with one attached hydrogen (secondary N) is 1. The summed E-state index contributed by atoms with van der Waals surface area (Å²) in [6.07, 6.45) is 1.05. The van der Waals surface area contributed by atoms with Gasteiger partial charge in [0.1, 0.15) is 11.4 Å². The van der Waals surface area contributed by atoms with E-state index in [2.05, 4.69) is 25.8 Å².